The van der Waals surface area contributed by atoms with Gasteiger partial charge in [-0.3, -0.25) is 42.5 Å². The molecular formula is C42H43BrCl3N15O6S3. The summed E-state index contributed by atoms with van der Waals surface area (Å²) in [6.07, 6.45) is 18.4. The Kier molecular flexibility index (Phi) is 14.5. The van der Waals surface area contributed by atoms with Gasteiger partial charge in [0.2, 0.25) is 0 Å². The summed E-state index contributed by atoms with van der Waals surface area (Å²) >= 11 is 25.4. The summed E-state index contributed by atoms with van der Waals surface area (Å²) < 4.78 is 16.1. The van der Waals surface area contributed by atoms with Crippen LogP contribution in [-0.4, -0.2) is 60.2 Å². The van der Waals surface area contributed by atoms with Gasteiger partial charge in [-0.1, -0.05) is 67.5 Å². The van der Waals surface area contributed by atoms with Gasteiger partial charge in [0, 0.05) is 34.6 Å². The molecular weight excluding hydrogens is 1090 g/mol. The van der Waals surface area contributed by atoms with Crippen LogP contribution in [0.1, 0.15) is 128 Å². The fourth-order valence-corrected chi connectivity index (χ4v) is 12.6. The minimum atomic E-state index is -0.644. The quantitative estimate of drug-likeness (QED) is 0.0988. The van der Waals surface area contributed by atoms with Gasteiger partial charge in [0.25, 0.3) is 34.4 Å². The summed E-state index contributed by atoms with van der Waals surface area (Å²) in [6, 6.07) is 4.49. The normalized spacial score (nSPS) is 18.4. The minimum Gasteiger partial charge on any atom is -0.388 e. The van der Waals surface area contributed by atoms with Crippen LogP contribution in [0.2, 0.25) is 15.1 Å². The Bertz CT molecular complexity index is 2990. The van der Waals surface area contributed by atoms with Crippen LogP contribution in [0.4, 0.5) is 26.4 Å². The number of anilines is 5. The Labute approximate surface area is 433 Å². The zero-order valence-electron chi connectivity index (χ0n) is 36.9. The molecule has 9 heterocycles. The summed E-state index contributed by atoms with van der Waals surface area (Å²) in [5.41, 5.74) is 4.09. The van der Waals surface area contributed by atoms with Crippen molar-refractivity contribution in [2.24, 2.45) is 0 Å². The van der Waals surface area contributed by atoms with E-state index in [2.05, 4.69) is 71.3 Å². The molecule has 12 rings (SSSR count). The van der Waals surface area contributed by atoms with Gasteiger partial charge < -0.3 is 32.3 Å². The molecule has 0 radical (unpaired) electrons. The van der Waals surface area contributed by atoms with Gasteiger partial charge in [-0.25, -0.2) is 0 Å². The molecule has 0 bridgehead atoms. The topological polar surface area (TPSA) is 281 Å². The second kappa shape index (κ2) is 20.4. The van der Waals surface area contributed by atoms with E-state index < -0.39 is 17.0 Å². The molecule has 3 aliphatic carbocycles. The largest absolute Gasteiger partial charge is 0.388 e. The number of amides is 3. The molecule has 3 fully saturated rings. The number of pyridine rings is 3. The van der Waals surface area contributed by atoms with Crippen molar-refractivity contribution in [1.82, 2.24) is 58.4 Å². The lowest BCUT2D eigenvalue weighted by Gasteiger charge is -2.35. The third-order valence-electron chi connectivity index (χ3n) is 13.0. The number of fused-ring (bicyclic) bond motifs is 6. The third kappa shape index (κ3) is 9.47. The van der Waals surface area contributed by atoms with E-state index in [1.807, 2.05) is 0 Å². The van der Waals surface area contributed by atoms with Gasteiger partial charge in [-0.15, -0.1) is 15.3 Å². The zero-order valence-corrected chi connectivity index (χ0v) is 43.2. The molecule has 3 aliphatic heterocycles. The predicted molar refractivity (Wildman–Crippen MR) is 271 cm³/mol. The number of carbonyl (C=O) groups excluding carboxylic acids is 3. The summed E-state index contributed by atoms with van der Waals surface area (Å²) in [5.74, 6) is -0.800. The van der Waals surface area contributed by atoms with E-state index in [1.165, 1.54) is 48.3 Å². The SMILES string of the molecule is Nc1cnns1.O=C1NC2(CCCCC2)n2c1c(Cl)cc(Br)c2=O.O=C1NC2(CCCCC2)n2c1c(Cl)cc(Nc1cnns1)c2=O.O=C1NC2(CCCCC2)n2c1c(Cl)cc(Nc1cnns1)c2=O. The summed E-state index contributed by atoms with van der Waals surface area (Å²) in [6.45, 7) is 0. The average Bonchev–Trinajstić information content (AvgIpc) is 4.22. The van der Waals surface area contributed by atoms with Gasteiger partial charge in [0.1, 0.15) is 60.4 Å². The van der Waals surface area contributed by atoms with E-state index in [4.69, 9.17) is 40.5 Å². The molecule has 6 aliphatic rings. The number of nitrogen functional groups attached to an aromatic ring is 1. The monoisotopic (exact) mass is 1130 g/mol. The van der Waals surface area contributed by atoms with Crippen LogP contribution in [0.5, 0.6) is 0 Å². The molecule has 3 spiro atoms. The van der Waals surface area contributed by atoms with Crippen LogP contribution in [0.15, 0.2) is 55.6 Å². The number of aromatic nitrogens is 9. The summed E-state index contributed by atoms with van der Waals surface area (Å²) in [7, 11) is 0. The van der Waals surface area contributed by atoms with Crippen molar-refractivity contribution < 1.29 is 14.4 Å². The second-order valence-corrected chi connectivity index (χ2v) is 21.9. The van der Waals surface area contributed by atoms with E-state index in [9.17, 15) is 28.8 Å². The first-order valence-electron chi connectivity index (χ1n) is 22.3. The Balaban J connectivity index is 0.000000124. The standard InChI is InChI=1S/2C14H14ClN5O2S.C12H12BrClN2O2.C2H3N3S/c2*15-8-6-9(17-10-7-16-19-23-10)13(22)20-11(8)12(21)18-14(20)4-2-1-3-5-14;13-7-6-8(14)9-10(17)15-12(16(9)11(7)18)4-2-1-3-5-12;3-2-1-4-5-6-2/h2*6-7,17H,1-5H2,(H,18,21);6H,1-5H2,(H,15,17);1H,3H2. The Morgan fingerprint density at radius 3 is 1.17 bits per heavy atom. The van der Waals surface area contributed by atoms with Gasteiger partial charge >= 0.3 is 0 Å². The molecule has 6 aromatic heterocycles. The fourth-order valence-electron chi connectivity index (χ4n) is 10.1. The van der Waals surface area contributed by atoms with Gasteiger partial charge in [-0.2, -0.15) is 0 Å². The molecule has 0 aromatic carbocycles. The Hall–Kier alpha value is -5.31. The Morgan fingerprint density at radius 1 is 0.514 bits per heavy atom. The lowest BCUT2D eigenvalue weighted by atomic mass is 9.89. The molecule has 70 heavy (non-hydrogen) atoms. The number of nitrogens with zero attached hydrogens (tertiary/aromatic N) is 9. The van der Waals surface area contributed by atoms with Crippen LogP contribution < -0.4 is 49.0 Å². The van der Waals surface area contributed by atoms with Gasteiger partial charge in [0.15, 0.2) is 0 Å². The minimum absolute atomic E-state index is 0.186. The molecule has 0 unspecified atom stereocenters. The smallest absolute Gasteiger partial charge is 0.276 e. The maximum atomic E-state index is 13.0. The number of hydrogen-bond acceptors (Lipinski definition) is 18. The maximum Gasteiger partial charge on any atom is 0.276 e. The maximum absolute atomic E-state index is 13.0. The second-order valence-electron chi connectivity index (χ2n) is 17.4. The third-order valence-corrected chi connectivity index (χ3v) is 16.1. The van der Waals surface area contributed by atoms with Crippen LogP contribution in [0.25, 0.3) is 0 Å². The first kappa shape index (κ1) is 49.7. The summed E-state index contributed by atoms with van der Waals surface area (Å²) in [4.78, 5) is 75.0. The Morgan fingerprint density at radius 2 is 0.857 bits per heavy atom. The zero-order chi connectivity index (χ0) is 49.4. The first-order valence-corrected chi connectivity index (χ1v) is 26.5. The van der Waals surface area contributed by atoms with Crippen molar-refractivity contribution in [1.29, 1.82) is 0 Å². The highest BCUT2D eigenvalue weighted by Crippen LogP contribution is 2.41. The first-order chi connectivity index (χ1) is 33.7. The van der Waals surface area contributed by atoms with Crippen molar-refractivity contribution in [2.45, 2.75) is 113 Å². The molecule has 0 saturated heterocycles. The van der Waals surface area contributed by atoms with E-state index in [0.717, 1.165) is 119 Å². The molecule has 3 amide bonds. The number of nitrogens with one attached hydrogen (secondary N) is 5. The van der Waals surface area contributed by atoms with Crippen LogP contribution in [-0.2, 0) is 17.0 Å². The van der Waals surface area contributed by atoms with E-state index >= 15 is 0 Å². The molecule has 7 N–H and O–H groups in total. The number of nitrogens with two attached hydrogens (primary N) is 1. The highest BCUT2D eigenvalue weighted by Gasteiger charge is 2.48. The molecule has 28 heteroatoms. The van der Waals surface area contributed by atoms with Crippen LogP contribution in [0.3, 0.4) is 0 Å². The van der Waals surface area contributed by atoms with Gasteiger partial charge in [-0.05, 0) is 111 Å². The number of hydrogen-bond donors (Lipinski definition) is 6. The number of halogens is 4. The van der Waals surface area contributed by atoms with Crippen LogP contribution >= 0.6 is 85.3 Å². The highest BCUT2D eigenvalue weighted by atomic mass is 79.9. The van der Waals surface area contributed by atoms with Crippen molar-refractivity contribution in [2.75, 3.05) is 16.4 Å². The van der Waals surface area contributed by atoms with Crippen molar-refractivity contribution in [3.05, 3.63) is 104 Å². The summed E-state index contributed by atoms with van der Waals surface area (Å²) in [5, 5.41) is 28.7. The average molecular weight is 1140 g/mol. The van der Waals surface area contributed by atoms with Crippen molar-refractivity contribution in [3.63, 3.8) is 0 Å². The van der Waals surface area contributed by atoms with E-state index in [0.29, 0.717) is 41.6 Å². The number of carbonyl (C=O) groups is 3. The number of rotatable bonds is 4. The lowest BCUT2D eigenvalue weighted by Crippen LogP contribution is -2.48. The highest BCUT2D eigenvalue weighted by molar-refractivity contribution is 9.10. The molecule has 0 atom stereocenters. The molecule has 21 nitrogen and oxygen atoms in total. The van der Waals surface area contributed by atoms with Gasteiger partial charge in [0.05, 0.1) is 38.1 Å². The molecule has 3 saturated carbocycles. The van der Waals surface area contributed by atoms with Crippen molar-refractivity contribution >= 4 is 129 Å². The van der Waals surface area contributed by atoms with Crippen molar-refractivity contribution in [3.8, 4) is 0 Å². The molecule has 6 aromatic rings. The molecule has 368 valence electrons. The lowest BCUT2D eigenvalue weighted by molar-refractivity contribution is 0.0867. The van der Waals surface area contributed by atoms with Crippen LogP contribution in [0, 0.1) is 0 Å². The van der Waals surface area contributed by atoms with E-state index in [-0.39, 0.29) is 55.8 Å². The van der Waals surface area contributed by atoms with E-state index in [1.54, 1.807) is 13.7 Å². The predicted octanol–water partition coefficient (Wildman–Crippen LogP) is 7.66. The fraction of sp³-hybridized carbons (Fsp3) is 0.429.